The summed E-state index contributed by atoms with van der Waals surface area (Å²) >= 11 is 0. The molecular formula is C18H23N3O4. The molecule has 0 unspecified atom stereocenters. The molecule has 7 heteroatoms. The molecule has 0 radical (unpaired) electrons. The first-order valence-electron chi connectivity index (χ1n) is 8.30. The number of imide groups is 2. The molecule has 1 aromatic rings. The highest BCUT2D eigenvalue weighted by Crippen LogP contribution is 2.15. The molecule has 1 aliphatic heterocycles. The number of rotatable bonds is 7. The number of hydrogen-bond acceptors (Lipinski definition) is 4. The van der Waals surface area contributed by atoms with Crippen LogP contribution < -0.4 is 5.32 Å². The lowest BCUT2D eigenvalue weighted by atomic mass is 10.0. The molecular weight excluding hydrogens is 322 g/mol. The molecule has 1 atom stereocenters. The Bertz CT molecular complexity index is 672. The maximum Gasteiger partial charge on any atom is 0.334 e. The average molecular weight is 345 g/mol. The van der Waals surface area contributed by atoms with E-state index in [1.165, 1.54) is 0 Å². The molecule has 25 heavy (non-hydrogen) atoms. The lowest BCUT2D eigenvalue weighted by molar-refractivity contribution is -0.144. The fourth-order valence-corrected chi connectivity index (χ4v) is 2.58. The number of benzene rings is 1. The minimum Gasteiger partial charge on any atom is -0.354 e. The van der Waals surface area contributed by atoms with E-state index in [1.54, 1.807) is 0 Å². The van der Waals surface area contributed by atoms with E-state index in [-0.39, 0.29) is 18.4 Å². The van der Waals surface area contributed by atoms with Gasteiger partial charge in [-0.1, -0.05) is 51.1 Å². The van der Waals surface area contributed by atoms with Crippen LogP contribution >= 0.6 is 0 Å². The molecule has 0 bridgehead atoms. The van der Waals surface area contributed by atoms with Gasteiger partial charge < -0.3 is 5.32 Å². The summed E-state index contributed by atoms with van der Waals surface area (Å²) in [6.07, 6.45) is 0. The van der Waals surface area contributed by atoms with Gasteiger partial charge in [-0.2, -0.15) is 0 Å². The van der Waals surface area contributed by atoms with Gasteiger partial charge in [-0.15, -0.1) is 0 Å². The lowest BCUT2D eigenvalue weighted by Crippen LogP contribution is -2.42. The normalized spacial score (nSPS) is 15.9. The van der Waals surface area contributed by atoms with Crippen molar-refractivity contribution in [1.29, 1.82) is 0 Å². The van der Waals surface area contributed by atoms with Crippen LogP contribution in [0, 0.1) is 5.92 Å². The molecule has 134 valence electrons. The number of amides is 5. The predicted molar refractivity (Wildman–Crippen MR) is 91.5 cm³/mol. The number of urea groups is 1. The van der Waals surface area contributed by atoms with Gasteiger partial charge in [-0.05, 0) is 17.4 Å². The van der Waals surface area contributed by atoms with Gasteiger partial charge in [0, 0.05) is 13.1 Å². The van der Waals surface area contributed by atoms with Crippen molar-refractivity contribution in [3.8, 4) is 0 Å². The van der Waals surface area contributed by atoms with Crippen molar-refractivity contribution < 1.29 is 19.2 Å². The SMILES string of the molecule is CC(C)CN1C(=O)C(=O)N(CC(=O)NC[C@@H](C)c2ccccc2)C1=O. The third kappa shape index (κ3) is 4.43. The number of nitrogens with zero attached hydrogens (tertiary/aromatic N) is 2. The van der Waals surface area contributed by atoms with E-state index in [2.05, 4.69) is 5.32 Å². The van der Waals surface area contributed by atoms with Crippen LogP contribution in [-0.2, 0) is 14.4 Å². The van der Waals surface area contributed by atoms with Crippen molar-refractivity contribution >= 4 is 23.8 Å². The van der Waals surface area contributed by atoms with Gasteiger partial charge >= 0.3 is 17.8 Å². The first-order chi connectivity index (χ1) is 11.8. The maximum absolute atomic E-state index is 12.2. The van der Waals surface area contributed by atoms with E-state index in [0.717, 1.165) is 10.5 Å². The monoisotopic (exact) mass is 345 g/mol. The first kappa shape index (κ1) is 18.6. The van der Waals surface area contributed by atoms with E-state index < -0.39 is 30.3 Å². The molecule has 0 saturated carbocycles. The summed E-state index contributed by atoms with van der Waals surface area (Å²) in [4.78, 5) is 49.7. The van der Waals surface area contributed by atoms with Gasteiger partial charge in [0.1, 0.15) is 6.54 Å². The van der Waals surface area contributed by atoms with E-state index >= 15 is 0 Å². The molecule has 1 aromatic carbocycles. The molecule has 1 saturated heterocycles. The third-order valence-electron chi connectivity index (χ3n) is 3.96. The zero-order chi connectivity index (χ0) is 18.6. The number of hydrogen-bond donors (Lipinski definition) is 1. The Morgan fingerprint density at radius 1 is 1.00 bits per heavy atom. The second-order valence-electron chi connectivity index (χ2n) is 6.60. The van der Waals surface area contributed by atoms with Crippen LogP contribution in [0.4, 0.5) is 4.79 Å². The Kier molecular flexibility index (Phi) is 5.90. The molecule has 1 fully saturated rings. The Labute approximate surface area is 147 Å². The summed E-state index contributed by atoms with van der Waals surface area (Å²) < 4.78 is 0. The van der Waals surface area contributed by atoms with Crippen molar-refractivity contribution in [3.63, 3.8) is 0 Å². The van der Waals surface area contributed by atoms with Gasteiger partial charge in [-0.3, -0.25) is 19.3 Å². The first-order valence-corrected chi connectivity index (χ1v) is 8.30. The molecule has 0 aliphatic carbocycles. The minimum absolute atomic E-state index is 0.0428. The third-order valence-corrected chi connectivity index (χ3v) is 3.96. The Balaban J connectivity index is 1.90. The second kappa shape index (κ2) is 7.92. The van der Waals surface area contributed by atoms with E-state index in [1.807, 2.05) is 51.1 Å². The van der Waals surface area contributed by atoms with Gasteiger partial charge in [0.15, 0.2) is 0 Å². The molecule has 5 amide bonds. The van der Waals surface area contributed by atoms with Crippen molar-refractivity contribution in [2.45, 2.75) is 26.7 Å². The fourth-order valence-electron chi connectivity index (χ4n) is 2.58. The molecule has 2 rings (SSSR count). The quantitative estimate of drug-likeness (QED) is 0.597. The highest BCUT2D eigenvalue weighted by Gasteiger charge is 2.45. The van der Waals surface area contributed by atoms with Crippen molar-refractivity contribution in [3.05, 3.63) is 35.9 Å². The van der Waals surface area contributed by atoms with Crippen LogP contribution in [0.15, 0.2) is 30.3 Å². The van der Waals surface area contributed by atoms with Crippen molar-refractivity contribution in [2.24, 2.45) is 5.92 Å². The van der Waals surface area contributed by atoms with Gasteiger partial charge in [0.2, 0.25) is 5.91 Å². The Morgan fingerprint density at radius 2 is 1.60 bits per heavy atom. The molecule has 1 heterocycles. The minimum atomic E-state index is -0.947. The molecule has 1 N–H and O–H groups in total. The van der Waals surface area contributed by atoms with Gasteiger partial charge in [-0.25, -0.2) is 9.69 Å². The summed E-state index contributed by atoms with van der Waals surface area (Å²) in [5, 5.41) is 2.70. The zero-order valence-electron chi connectivity index (χ0n) is 14.7. The maximum atomic E-state index is 12.2. The smallest absolute Gasteiger partial charge is 0.334 e. The highest BCUT2D eigenvalue weighted by molar-refractivity contribution is 6.45. The number of carbonyl (C=O) groups excluding carboxylic acids is 4. The van der Waals surface area contributed by atoms with Crippen LogP contribution in [0.2, 0.25) is 0 Å². The Morgan fingerprint density at radius 3 is 2.20 bits per heavy atom. The zero-order valence-corrected chi connectivity index (χ0v) is 14.7. The summed E-state index contributed by atoms with van der Waals surface area (Å²) in [5.74, 6) is -2.15. The predicted octanol–water partition coefficient (Wildman–Crippen LogP) is 1.35. The molecule has 7 nitrogen and oxygen atoms in total. The topological polar surface area (TPSA) is 86.8 Å². The molecule has 1 aliphatic rings. The largest absolute Gasteiger partial charge is 0.354 e. The summed E-state index contributed by atoms with van der Waals surface area (Å²) in [6.45, 7) is 5.74. The van der Waals surface area contributed by atoms with Gasteiger partial charge in [0.25, 0.3) is 0 Å². The van der Waals surface area contributed by atoms with Crippen LogP contribution in [0.3, 0.4) is 0 Å². The highest BCUT2D eigenvalue weighted by atomic mass is 16.2. The van der Waals surface area contributed by atoms with E-state index in [4.69, 9.17) is 0 Å². The summed E-state index contributed by atoms with van der Waals surface area (Å²) in [6, 6.07) is 8.96. The second-order valence-corrected chi connectivity index (χ2v) is 6.60. The number of nitrogens with one attached hydrogen (secondary N) is 1. The summed E-state index contributed by atoms with van der Waals surface area (Å²) in [5.41, 5.74) is 1.08. The lowest BCUT2D eigenvalue weighted by Gasteiger charge is -2.17. The van der Waals surface area contributed by atoms with Crippen LogP contribution in [0.25, 0.3) is 0 Å². The van der Waals surface area contributed by atoms with E-state index in [0.29, 0.717) is 11.4 Å². The standard InChI is InChI=1S/C18H23N3O4/c1-12(2)10-20-16(23)17(24)21(18(20)25)11-15(22)19-9-13(3)14-7-5-4-6-8-14/h4-8,12-13H,9-11H2,1-3H3,(H,19,22)/t13-/m1/s1. The van der Waals surface area contributed by atoms with Crippen LogP contribution in [-0.4, -0.2) is 53.2 Å². The van der Waals surface area contributed by atoms with Gasteiger partial charge in [0.05, 0.1) is 0 Å². The molecule has 0 aromatic heterocycles. The fraction of sp³-hybridized carbons (Fsp3) is 0.444. The van der Waals surface area contributed by atoms with Crippen molar-refractivity contribution in [1.82, 2.24) is 15.1 Å². The molecule has 0 spiro atoms. The van der Waals surface area contributed by atoms with E-state index in [9.17, 15) is 19.2 Å². The number of carbonyl (C=O) groups is 4. The van der Waals surface area contributed by atoms with Crippen LogP contribution in [0.1, 0.15) is 32.3 Å². The Hall–Kier alpha value is -2.70. The summed E-state index contributed by atoms with van der Waals surface area (Å²) in [7, 11) is 0. The van der Waals surface area contributed by atoms with Crippen molar-refractivity contribution in [2.75, 3.05) is 19.6 Å². The average Bonchev–Trinajstić information content (AvgIpc) is 2.78. The van der Waals surface area contributed by atoms with Crippen LogP contribution in [0.5, 0.6) is 0 Å².